The van der Waals surface area contributed by atoms with E-state index in [-0.39, 0.29) is 0 Å². The molecule has 2 saturated carbocycles. The second-order valence-corrected chi connectivity index (χ2v) is 7.42. The average molecular weight is 284 g/mol. The van der Waals surface area contributed by atoms with Gasteiger partial charge in [-0.3, -0.25) is 4.90 Å². The second kappa shape index (κ2) is 5.40. The van der Waals surface area contributed by atoms with Gasteiger partial charge in [0.2, 0.25) is 0 Å². The van der Waals surface area contributed by atoms with Gasteiger partial charge in [0.15, 0.2) is 0 Å². The van der Waals surface area contributed by atoms with E-state index >= 15 is 0 Å². The third kappa shape index (κ3) is 2.53. The average Bonchev–Trinajstić information content (AvgIpc) is 3.22. The minimum atomic E-state index is 0.454. The Morgan fingerprint density at radius 1 is 1.19 bits per heavy atom. The lowest BCUT2D eigenvalue weighted by molar-refractivity contribution is 0.0696. The van der Waals surface area contributed by atoms with Gasteiger partial charge in [-0.1, -0.05) is 50.1 Å². The third-order valence-corrected chi connectivity index (χ3v) is 6.11. The molecule has 1 spiro atoms. The number of benzene rings is 1. The molecule has 21 heavy (non-hydrogen) atoms. The highest BCUT2D eigenvalue weighted by Gasteiger charge is 2.50. The van der Waals surface area contributed by atoms with Gasteiger partial charge in [-0.15, -0.1) is 0 Å². The van der Waals surface area contributed by atoms with Crippen molar-refractivity contribution in [3.05, 3.63) is 35.9 Å². The molecule has 1 saturated heterocycles. The number of nitrogens with one attached hydrogen (secondary N) is 1. The normalized spacial score (nSPS) is 35.2. The van der Waals surface area contributed by atoms with Crippen molar-refractivity contribution in [2.24, 2.45) is 0 Å². The second-order valence-electron chi connectivity index (χ2n) is 7.42. The minimum absolute atomic E-state index is 0.454. The van der Waals surface area contributed by atoms with Crippen LogP contribution in [0.5, 0.6) is 0 Å². The highest BCUT2D eigenvalue weighted by molar-refractivity contribution is 5.28. The Morgan fingerprint density at radius 3 is 2.67 bits per heavy atom. The zero-order valence-electron chi connectivity index (χ0n) is 13.2. The van der Waals surface area contributed by atoms with E-state index in [0.29, 0.717) is 5.54 Å². The topological polar surface area (TPSA) is 15.3 Å². The van der Waals surface area contributed by atoms with Crippen molar-refractivity contribution in [3.8, 4) is 0 Å². The van der Waals surface area contributed by atoms with Crippen molar-refractivity contribution < 1.29 is 0 Å². The third-order valence-electron chi connectivity index (χ3n) is 6.11. The lowest BCUT2D eigenvalue weighted by Crippen LogP contribution is -2.63. The first-order valence-electron chi connectivity index (χ1n) is 8.87. The predicted octanol–water partition coefficient (Wildman–Crippen LogP) is 3.54. The Hall–Kier alpha value is -0.860. The molecular weight excluding hydrogens is 256 g/mol. The predicted molar refractivity (Wildman–Crippen MR) is 87.6 cm³/mol. The fourth-order valence-electron chi connectivity index (χ4n) is 4.75. The smallest absolute Gasteiger partial charge is 0.0309 e. The highest BCUT2D eigenvalue weighted by Crippen LogP contribution is 2.47. The molecule has 0 aromatic heterocycles. The van der Waals surface area contributed by atoms with Gasteiger partial charge in [0.25, 0.3) is 0 Å². The molecule has 1 heterocycles. The van der Waals surface area contributed by atoms with Crippen LogP contribution < -0.4 is 5.32 Å². The van der Waals surface area contributed by atoms with Gasteiger partial charge in [-0.25, -0.2) is 0 Å². The molecule has 2 nitrogen and oxygen atoms in total. The van der Waals surface area contributed by atoms with Gasteiger partial charge < -0.3 is 5.32 Å². The minimum Gasteiger partial charge on any atom is -0.308 e. The quantitative estimate of drug-likeness (QED) is 0.913. The number of piperazine rings is 1. The fourth-order valence-corrected chi connectivity index (χ4v) is 4.75. The molecule has 1 aromatic carbocycles. The van der Waals surface area contributed by atoms with Gasteiger partial charge in [-0.2, -0.15) is 0 Å². The summed E-state index contributed by atoms with van der Waals surface area (Å²) in [5.41, 5.74) is 2.01. The first-order valence-corrected chi connectivity index (χ1v) is 8.87. The standard InChI is InChI=1S/C19H28N2/c1-2-16-13-20-19(10-6-7-11-19)14-21(16)18-12-17(18)15-8-4-3-5-9-15/h3-5,8-9,16-18,20H,2,6-7,10-14H2,1H3. The lowest BCUT2D eigenvalue weighted by Gasteiger charge is -2.47. The monoisotopic (exact) mass is 284 g/mol. The number of hydrogen-bond acceptors (Lipinski definition) is 2. The summed E-state index contributed by atoms with van der Waals surface area (Å²) in [7, 11) is 0. The molecule has 4 rings (SSSR count). The zero-order chi connectivity index (χ0) is 14.3. The fraction of sp³-hybridized carbons (Fsp3) is 0.684. The molecule has 1 aliphatic heterocycles. The van der Waals surface area contributed by atoms with Crippen LogP contribution in [0.15, 0.2) is 30.3 Å². The maximum Gasteiger partial charge on any atom is 0.0309 e. The van der Waals surface area contributed by atoms with Gasteiger partial charge in [0.1, 0.15) is 0 Å². The van der Waals surface area contributed by atoms with Crippen LogP contribution in [0.25, 0.3) is 0 Å². The molecule has 0 radical (unpaired) electrons. The molecule has 3 atom stereocenters. The van der Waals surface area contributed by atoms with E-state index in [4.69, 9.17) is 0 Å². The SMILES string of the molecule is CCC1CNC2(CCCC2)CN1C1CC1c1ccccc1. The molecule has 2 heteroatoms. The van der Waals surface area contributed by atoms with E-state index in [1.165, 1.54) is 51.6 Å². The van der Waals surface area contributed by atoms with Crippen molar-refractivity contribution in [3.63, 3.8) is 0 Å². The van der Waals surface area contributed by atoms with Crippen LogP contribution in [0.3, 0.4) is 0 Å². The Balaban J connectivity index is 1.50. The van der Waals surface area contributed by atoms with E-state index in [1.807, 2.05) is 0 Å². The summed E-state index contributed by atoms with van der Waals surface area (Å²) < 4.78 is 0. The molecule has 3 aliphatic rings. The number of nitrogens with zero attached hydrogens (tertiary/aromatic N) is 1. The summed E-state index contributed by atoms with van der Waals surface area (Å²) in [6.07, 6.45) is 8.28. The molecular formula is C19H28N2. The first kappa shape index (κ1) is 13.8. The lowest BCUT2D eigenvalue weighted by atomic mass is 9.91. The van der Waals surface area contributed by atoms with Gasteiger partial charge >= 0.3 is 0 Å². The summed E-state index contributed by atoms with van der Waals surface area (Å²) in [6, 6.07) is 12.7. The van der Waals surface area contributed by atoms with Crippen molar-refractivity contribution in [1.29, 1.82) is 0 Å². The van der Waals surface area contributed by atoms with Crippen LogP contribution in [0.4, 0.5) is 0 Å². The van der Waals surface area contributed by atoms with E-state index in [0.717, 1.165) is 18.0 Å². The van der Waals surface area contributed by atoms with E-state index in [9.17, 15) is 0 Å². The van der Waals surface area contributed by atoms with Gasteiger partial charge in [-0.05, 0) is 31.2 Å². The van der Waals surface area contributed by atoms with Gasteiger partial charge in [0, 0.05) is 36.6 Å². The summed E-state index contributed by atoms with van der Waals surface area (Å²) >= 11 is 0. The van der Waals surface area contributed by atoms with Crippen molar-refractivity contribution in [1.82, 2.24) is 10.2 Å². The highest BCUT2D eigenvalue weighted by atomic mass is 15.3. The maximum atomic E-state index is 3.92. The molecule has 2 aliphatic carbocycles. The Labute approximate surface area is 128 Å². The molecule has 114 valence electrons. The molecule has 1 N–H and O–H groups in total. The van der Waals surface area contributed by atoms with Gasteiger partial charge in [0.05, 0.1) is 0 Å². The Kier molecular flexibility index (Phi) is 3.55. The first-order chi connectivity index (χ1) is 10.3. The van der Waals surface area contributed by atoms with Crippen LogP contribution in [0.1, 0.15) is 56.9 Å². The Morgan fingerprint density at radius 2 is 1.95 bits per heavy atom. The molecule has 0 amide bonds. The molecule has 3 fully saturated rings. The summed E-state index contributed by atoms with van der Waals surface area (Å²) in [5, 5.41) is 3.92. The largest absolute Gasteiger partial charge is 0.308 e. The van der Waals surface area contributed by atoms with Crippen LogP contribution in [0, 0.1) is 0 Å². The maximum absolute atomic E-state index is 3.92. The molecule has 0 bridgehead atoms. The molecule has 3 unspecified atom stereocenters. The van der Waals surface area contributed by atoms with Crippen LogP contribution in [0.2, 0.25) is 0 Å². The summed E-state index contributed by atoms with van der Waals surface area (Å²) in [6.45, 7) is 4.85. The van der Waals surface area contributed by atoms with Crippen LogP contribution in [-0.2, 0) is 0 Å². The van der Waals surface area contributed by atoms with Crippen molar-refractivity contribution in [2.45, 2.75) is 69.0 Å². The number of hydrogen-bond donors (Lipinski definition) is 1. The number of rotatable bonds is 3. The molecule has 1 aromatic rings. The van der Waals surface area contributed by atoms with E-state index in [1.54, 1.807) is 5.56 Å². The van der Waals surface area contributed by atoms with Crippen LogP contribution >= 0.6 is 0 Å². The van der Waals surface area contributed by atoms with E-state index in [2.05, 4.69) is 47.5 Å². The zero-order valence-corrected chi connectivity index (χ0v) is 13.2. The van der Waals surface area contributed by atoms with Crippen LogP contribution in [-0.4, -0.2) is 35.6 Å². The van der Waals surface area contributed by atoms with Crippen molar-refractivity contribution >= 4 is 0 Å². The van der Waals surface area contributed by atoms with E-state index < -0.39 is 0 Å². The summed E-state index contributed by atoms with van der Waals surface area (Å²) in [5.74, 6) is 0.789. The van der Waals surface area contributed by atoms with Crippen molar-refractivity contribution in [2.75, 3.05) is 13.1 Å². The summed E-state index contributed by atoms with van der Waals surface area (Å²) in [4.78, 5) is 2.87. The Bertz CT molecular complexity index is 478.